The van der Waals surface area contributed by atoms with Crippen LogP contribution in [-0.2, 0) is 29.0 Å². The van der Waals surface area contributed by atoms with Gasteiger partial charge >= 0.3 is 5.97 Å². The predicted molar refractivity (Wildman–Crippen MR) is 109 cm³/mol. The third kappa shape index (κ3) is 4.24. The lowest BCUT2D eigenvalue weighted by atomic mass is 9.85. The molecule has 2 fully saturated rings. The normalized spacial score (nSPS) is 19.6. The van der Waals surface area contributed by atoms with Crippen LogP contribution in [0.2, 0.25) is 0 Å². The van der Waals surface area contributed by atoms with Crippen molar-refractivity contribution in [2.45, 2.75) is 47.5 Å². The molecule has 2 heterocycles. The number of benzene rings is 1. The summed E-state index contributed by atoms with van der Waals surface area (Å²) in [6.45, 7) is -0.250. The molecule has 1 aromatic heterocycles. The number of sulfone groups is 1. The van der Waals surface area contributed by atoms with Gasteiger partial charge in [-0.25, -0.2) is 8.42 Å². The number of esters is 1. The van der Waals surface area contributed by atoms with Gasteiger partial charge in [0.1, 0.15) is 10.5 Å². The van der Waals surface area contributed by atoms with Crippen LogP contribution in [0, 0.1) is 5.92 Å². The lowest BCUT2D eigenvalue weighted by molar-refractivity contribution is -0.149. The van der Waals surface area contributed by atoms with Crippen LogP contribution >= 0.6 is 11.3 Å². The molecule has 4 rings (SSSR count). The molecule has 2 aliphatic rings. The van der Waals surface area contributed by atoms with Crippen LogP contribution in [0.4, 0.5) is 5.69 Å². The van der Waals surface area contributed by atoms with Crippen molar-refractivity contribution < 1.29 is 32.6 Å². The first-order chi connectivity index (χ1) is 14.3. The summed E-state index contributed by atoms with van der Waals surface area (Å²) in [5.41, 5.74) is -0.475. The van der Waals surface area contributed by atoms with E-state index in [2.05, 4.69) is 5.32 Å². The fraction of sp³-hybridized carbons (Fsp3) is 0.350. The third-order valence-electron chi connectivity index (χ3n) is 5.32. The zero-order valence-electron chi connectivity index (χ0n) is 15.9. The molecule has 1 spiro atoms. The van der Waals surface area contributed by atoms with E-state index in [1.165, 1.54) is 28.8 Å². The first-order valence-corrected chi connectivity index (χ1v) is 11.7. The largest absolute Gasteiger partial charge is 0.483 e. The van der Waals surface area contributed by atoms with Crippen LogP contribution in [0.3, 0.4) is 0 Å². The van der Waals surface area contributed by atoms with Crippen LogP contribution in [0.25, 0.3) is 0 Å². The first kappa shape index (κ1) is 22.0. The summed E-state index contributed by atoms with van der Waals surface area (Å²) in [5.74, 6) is -1.30. The first-order valence-electron chi connectivity index (χ1n) is 9.31. The SMILES string of the molecule is O=C1CC(C(=O)Nc2cscc2S(=O)(=O)c2ccccc2)C2(CCCC2)O1.O=CO. The van der Waals surface area contributed by atoms with Crippen molar-refractivity contribution in [2.24, 2.45) is 5.92 Å². The van der Waals surface area contributed by atoms with Crippen LogP contribution < -0.4 is 5.32 Å². The van der Waals surface area contributed by atoms with E-state index in [-0.39, 0.29) is 40.2 Å². The van der Waals surface area contributed by atoms with Crippen molar-refractivity contribution in [1.82, 2.24) is 0 Å². The average molecular weight is 452 g/mol. The van der Waals surface area contributed by atoms with Crippen LogP contribution in [-0.4, -0.2) is 37.5 Å². The fourth-order valence-electron chi connectivity index (χ4n) is 3.98. The molecule has 0 radical (unpaired) electrons. The summed E-state index contributed by atoms with van der Waals surface area (Å²) in [7, 11) is -3.74. The van der Waals surface area contributed by atoms with E-state index in [9.17, 15) is 18.0 Å². The minimum absolute atomic E-state index is 0.0384. The lowest BCUT2D eigenvalue weighted by Gasteiger charge is -2.27. The lowest BCUT2D eigenvalue weighted by Crippen LogP contribution is -2.39. The molecule has 10 heteroatoms. The van der Waals surface area contributed by atoms with Gasteiger partial charge < -0.3 is 15.2 Å². The highest BCUT2D eigenvalue weighted by molar-refractivity contribution is 7.91. The molecule has 1 aromatic carbocycles. The minimum Gasteiger partial charge on any atom is -0.483 e. The fourth-order valence-corrected chi connectivity index (χ4v) is 6.54. The second kappa shape index (κ2) is 8.97. The molecule has 1 saturated carbocycles. The quantitative estimate of drug-likeness (QED) is 0.540. The van der Waals surface area contributed by atoms with Crippen molar-refractivity contribution >= 4 is 45.2 Å². The number of carboxylic acid groups (broad SMARTS) is 1. The Kier molecular flexibility index (Phi) is 6.57. The summed E-state index contributed by atoms with van der Waals surface area (Å²) in [6, 6.07) is 8.10. The van der Waals surface area contributed by atoms with Gasteiger partial charge in [-0.05, 0) is 37.8 Å². The zero-order chi connectivity index (χ0) is 21.8. The van der Waals surface area contributed by atoms with Crippen molar-refractivity contribution in [3.8, 4) is 0 Å². The number of carbonyl (C=O) groups is 3. The Balaban J connectivity index is 0.000000806. The highest BCUT2D eigenvalue weighted by Gasteiger charge is 2.54. The number of rotatable bonds is 4. The molecule has 30 heavy (non-hydrogen) atoms. The van der Waals surface area contributed by atoms with Gasteiger partial charge in [0.05, 0.1) is 22.9 Å². The molecule has 160 valence electrons. The van der Waals surface area contributed by atoms with Gasteiger partial charge in [0, 0.05) is 10.8 Å². The molecule has 1 amide bonds. The van der Waals surface area contributed by atoms with E-state index in [1.807, 2.05) is 0 Å². The number of carbonyl (C=O) groups excluding carboxylic acids is 2. The van der Waals surface area contributed by atoms with E-state index in [0.29, 0.717) is 12.8 Å². The highest BCUT2D eigenvalue weighted by atomic mass is 32.2. The predicted octanol–water partition coefficient (Wildman–Crippen LogP) is 3.10. The number of amides is 1. The van der Waals surface area contributed by atoms with Crippen molar-refractivity contribution in [3.05, 3.63) is 41.1 Å². The summed E-state index contributed by atoms with van der Waals surface area (Å²) in [4.78, 5) is 33.3. The Bertz CT molecular complexity index is 1020. The Morgan fingerprint density at radius 2 is 1.83 bits per heavy atom. The topological polar surface area (TPSA) is 127 Å². The van der Waals surface area contributed by atoms with Gasteiger partial charge in [0.2, 0.25) is 15.7 Å². The van der Waals surface area contributed by atoms with Gasteiger partial charge in [-0.1, -0.05) is 18.2 Å². The summed E-state index contributed by atoms with van der Waals surface area (Å²) < 4.78 is 31.3. The summed E-state index contributed by atoms with van der Waals surface area (Å²) in [6.07, 6.45) is 3.23. The minimum atomic E-state index is -3.74. The average Bonchev–Trinajstić information content (AvgIpc) is 3.44. The molecule has 1 aliphatic carbocycles. The Hall–Kier alpha value is -2.72. The summed E-state index contributed by atoms with van der Waals surface area (Å²) in [5, 5.41) is 12.7. The number of nitrogens with one attached hydrogen (secondary N) is 1. The van der Waals surface area contributed by atoms with E-state index < -0.39 is 21.4 Å². The number of thiophene rings is 1. The highest BCUT2D eigenvalue weighted by Crippen LogP contribution is 2.46. The maximum atomic E-state index is 12.9. The van der Waals surface area contributed by atoms with E-state index >= 15 is 0 Å². The maximum absolute atomic E-state index is 12.9. The van der Waals surface area contributed by atoms with Gasteiger partial charge in [0.25, 0.3) is 6.47 Å². The summed E-state index contributed by atoms with van der Waals surface area (Å²) >= 11 is 1.20. The number of hydrogen-bond donors (Lipinski definition) is 2. The van der Waals surface area contributed by atoms with Gasteiger partial charge in [0.15, 0.2) is 0 Å². The van der Waals surface area contributed by atoms with Gasteiger partial charge in [-0.2, -0.15) is 0 Å². The molecular weight excluding hydrogens is 430 g/mol. The number of hydrogen-bond acceptors (Lipinski definition) is 7. The van der Waals surface area contributed by atoms with Crippen LogP contribution in [0.5, 0.6) is 0 Å². The van der Waals surface area contributed by atoms with Crippen molar-refractivity contribution in [2.75, 3.05) is 5.32 Å². The van der Waals surface area contributed by atoms with Gasteiger partial charge in [-0.15, -0.1) is 11.3 Å². The Morgan fingerprint density at radius 1 is 1.20 bits per heavy atom. The molecule has 1 atom stereocenters. The Labute approximate surface area is 177 Å². The number of anilines is 1. The van der Waals surface area contributed by atoms with E-state index in [0.717, 1.165) is 12.8 Å². The van der Waals surface area contributed by atoms with Crippen molar-refractivity contribution in [3.63, 3.8) is 0 Å². The van der Waals surface area contributed by atoms with Crippen LogP contribution in [0.15, 0.2) is 50.9 Å². The molecular formula is C20H21NO7S2. The zero-order valence-corrected chi connectivity index (χ0v) is 17.6. The molecule has 0 bridgehead atoms. The smallest absolute Gasteiger partial charge is 0.307 e. The van der Waals surface area contributed by atoms with Crippen molar-refractivity contribution in [1.29, 1.82) is 0 Å². The van der Waals surface area contributed by atoms with Crippen LogP contribution in [0.1, 0.15) is 32.1 Å². The molecule has 1 aliphatic heterocycles. The molecule has 2 aromatic rings. The second-order valence-corrected chi connectivity index (χ2v) is 9.73. The molecule has 1 saturated heterocycles. The van der Waals surface area contributed by atoms with E-state index in [4.69, 9.17) is 14.6 Å². The van der Waals surface area contributed by atoms with E-state index in [1.54, 1.807) is 23.6 Å². The monoisotopic (exact) mass is 451 g/mol. The molecule has 2 N–H and O–H groups in total. The Morgan fingerprint density at radius 3 is 2.47 bits per heavy atom. The second-order valence-electron chi connectivity index (χ2n) is 7.06. The third-order valence-corrected chi connectivity index (χ3v) is 8.02. The molecule has 8 nitrogen and oxygen atoms in total. The maximum Gasteiger partial charge on any atom is 0.307 e. The molecule has 1 unspecified atom stereocenters. The number of ether oxygens (including phenoxy) is 1. The van der Waals surface area contributed by atoms with Gasteiger partial charge in [-0.3, -0.25) is 14.4 Å². The standard InChI is InChI=1S/C19H19NO5S2.CH2O2/c21-17-10-14(19(25-17)8-4-5-9-19)18(22)20-15-11-26-12-16(15)27(23,24)13-6-2-1-3-7-13;2-1-3/h1-3,6-7,11-12,14H,4-5,8-10H2,(H,20,22);1H,(H,2,3).